The lowest BCUT2D eigenvalue weighted by Crippen LogP contribution is -1.96. The molecule has 2 aromatic rings. The lowest BCUT2D eigenvalue weighted by molar-refractivity contribution is 0.628. The molecular formula is C14H10BrFN2S. The molecule has 0 saturated heterocycles. The van der Waals surface area contributed by atoms with E-state index in [9.17, 15) is 9.65 Å². The second kappa shape index (κ2) is 6.09. The Bertz CT molecular complexity index is 652. The van der Waals surface area contributed by atoms with Crippen molar-refractivity contribution in [2.45, 2.75) is 4.90 Å². The van der Waals surface area contributed by atoms with Crippen LogP contribution in [0.15, 0.2) is 45.8 Å². The standard InChI is InChI=1S/C14H10BrFN2S/c1-19-14-4-2-3-12(10(14)8-17)18-13-7-9(16)5-6-11(13)15/h2-7,18H,1H3. The normalized spacial score (nSPS) is 10.0. The third-order valence-electron chi connectivity index (χ3n) is 2.56. The van der Waals surface area contributed by atoms with Crippen molar-refractivity contribution in [1.29, 1.82) is 5.26 Å². The van der Waals surface area contributed by atoms with Gasteiger partial charge in [0.05, 0.1) is 16.9 Å². The topological polar surface area (TPSA) is 35.8 Å². The molecule has 5 heteroatoms. The van der Waals surface area contributed by atoms with Gasteiger partial charge < -0.3 is 5.32 Å². The smallest absolute Gasteiger partial charge is 0.125 e. The first kappa shape index (κ1) is 13.9. The van der Waals surface area contributed by atoms with Crippen LogP contribution in [0, 0.1) is 17.1 Å². The summed E-state index contributed by atoms with van der Waals surface area (Å²) in [5.74, 6) is -0.328. The first-order valence-corrected chi connectivity index (χ1v) is 7.46. The van der Waals surface area contributed by atoms with Crippen molar-refractivity contribution in [3.05, 3.63) is 52.3 Å². The Morgan fingerprint density at radius 1 is 1.26 bits per heavy atom. The van der Waals surface area contributed by atoms with Crippen molar-refractivity contribution >= 4 is 39.1 Å². The summed E-state index contributed by atoms with van der Waals surface area (Å²) in [5, 5.41) is 12.3. The summed E-state index contributed by atoms with van der Waals surface area (Å²) in [6, 6.07) is 12.1. The van der Waals surface area contributed by atoms with Gasteiger partial charge >= 0.3 is 0 Å². The van der Waals surface area contributed by atoms with Crippen LogP contribution in [-0.2, 0) is 0 Å². The Morgan fingerprint density at radius 3 is 2.74 bits per heavy atom. The van der Waals surface area contributed by atoms with Gasteiger partial charge in [-0.3, -0.25) is 0 Å². The highest BCUT2D eigenvalue weighted by atomic mass is 79.9. The third kappa shape index (κ3) is 3.09. The van der Waals surface area contributed by atoms with Crippen LogP contribution in [0.1, 0.15) is 5.56 Å². The second-order valence-corrected chi connectivity index (χ2v) is 5.45. The van der Waals surface area contributed by atoms with Crippen molar-refractivity contribution in [2.24, 2.45) is 0 Å². The van der Waals surface area contributed by atoms with Crippen molar-refractivity contribution < 1.29 is 4.39 Å². The number of thioether (sulfide) groups is 1. The van der Waals surface area contributed by atoms with Gasteiger partial charge in [0.2, 0.25) is 0 Å². The van der Waals surface area contributed by atoms with Crippen LogP contribution in [0.4, 0.5) is 15.8 Å². The fraction of sp³-hybridized carbons (Fsp3) is 0.0714. The first-order chi connectivity index (χ1) is 9.15. The van der Waals surface area contributed by atoms with Crippen molar-refractivity contribution in [2.75, 3.05) is 11.6 Å². The van der Waals surface area contributed by atoms with Gasteiger partial charge in [0, 0.05) is 9.37 Å². The predicted molar refractivity (Wildman–Crippen MR) is 80.3 cm³/mol. The third-order valence-corrected chi connectivity index (χ3v) is 4.03. The van der Waals surface area contributed by atoms with Gasteiger partial charge in [-0.2, -0.15) is 5.26 Å². The molecule has 0 aliphatic carbocycles. The first-order valence-electron chi connectivity index (χ1n) is 5.45. The van der Waals surface area contributed by atoms with E-state index in [1.54, 1.807) is 12.1 Å². The van der Waals surface area contributed by atoms with Crippen LogP contribution in [0.2, 0.25) is 0 Å². The summed E-state index contributed by atoms with van der Waals surface area (Å²) in [7, 11) is 0. The Balaban J connectivity index is 2.44. The molecule has 0 unspecified atom stereocenters. The zero-order chi connectivity index (χ0) is 13.8. The van der Waals surface area contributed by atoms with Crippen molar-refractivity contribution in [3.63, 3.8) is 0 Å². The average Bonchev–Trinajstić information content (AvgIpc) is 2.42. The highest BCUT2D eigenvalue weighted by molar-refractivity contribution is 9.10. The highest BCUT2D eigenvalue weighted by Crippen LogP contribution is 2.31. The number of rotatable bonds is 3. The van der Waals surface area contributed by atoms with Gasteiger partial charge in [0.15, 0.2) is 0 Å². The molecule has 0 fully saturated rings. The number of hydrogen-bond donors (Lipinski definition) is 1. The minimum atomic E-state index is -0.328. The molecule has 0 radical (unpaired) electrons. The SMILES string of the molecule is CSc1cccc(Nc2cc(F)ccc2Br)c1C#N. The van der Waals surface area contributed by atoms with E-state index in [-0.39, 0.29) is 5.82 Å². The van der Waals surface area contributed by atoms with Crippen LogP contribution < -0.4 is 5.32 Å². The highest BCUT2D eigenvalue weighted by Gasteiger charge is 2.09. The van der Waals surface area contributed by atoms with E-state index in [0.29, 0.717) is 16.9 Å². The molecule has 0 atom stereocenters. The molecule has 0 aromatic heterocycles. The zero-order valence-corrected chi connectivity index (χ0v) is 12.5. The van der Waals surface area contributed by atoms with E-state index in [2.05, 4.69) is 27.3 Å². The number of benzene rings is 2. The Hall–Kier alpha value is -1.51. The Labute approximate surface area is 123 Å². The average molecular weight is 337 g/mol. The second-order valence-electron chi connectivity index (χ2n) is 3.74. The summed E-state index contributed by atoms with van der Waals surface area (Å²) in [6.07, 6.45) is 1.91. The maximum absolute atomic E-state index is 13.2. The van der Waals surface area contributed by atoms with Gasteiger partial charge in [-0.05, 0) is 52.5 Å². The van der Waals surface area contributed by atoms with E-state index in [0.717, 1.165) is 9.37 Å². The zero-order valence-electron chi connectivity index (χ0n) is 10.1. The number of anilines is 2. The maximum Gasteiger partial charge on any atom is 0.125 e. The van der Waals surface area contributed by atoms with E-state index in [1.807, 2.05) is 18.4 Å². The van der Waals surface area contributed by atoms with Crippen LogP contribution in [-0.4, -0.2) is 6.26 Å². The van der Waals surface area contributed by atoms with Gasteiger partial charge in [0.25, 0.3) is 0 Å². The molecule has 0 amide bonds. The molecule has 0 saturated carbocycles. The number of nitrogens with one attached hydrogen (secondary N) is 1. The molecular weight excluding hydrogens is 327 g/mol. The Morgan fingerprint density at radius 2 is 2.05 bits per heavy atom. The Kier molecular flexibility index (Phi) is 4.46. The molecule has 19 heavy (non-hydrogen) atoms. The minimum absolute atomic E-state index is 0.328. The quantitative estimate of drug-likeness (QED) is 0.807. The van der Waals surface area contributed by atoms with E-state index < -0.39 is 0 Å². The van der Waals surface area contributed by atoms with Gasteiger partial charge in [-0.1, -0.05) is 6.07 Å². The van der Waals surface area contributed by atoms with Crippen molar-refractivity contribution in [1.82, 2.24) is 0 Å². The summed E-state index contributed by atoms with van der Waals surface area (Å²) in [4.78, 5) is 0.889. The lowest BCUT2D eigenvalue weighted by Gasteiger charge is -2.12. The van der Waals surface area contributed by atoms with E-state index in [1.165, 1.54) is 23.9 Å². The number of nitrogens with zero attached hydrogens (tertiary/aromatic N) is 1. The monoisotopic (exact) mass is 336 g/mol. The van der Waals surface area contributed by atoms with E-state index in [4.69, 9.17) is 0 Å². The molecule has 0 heterocycles. The molecule has 96 valence electrons. The van der Waals surface area contributed by atoms with Crippen LogP contribution >= 0.6 is 27.7 Å². The molecule has 2 nitrogen and oxygen atoms in total. The molecule has 0 bridgehead atoms. The fourth-order valence-corrected chi connectivity index (χ4v) is 2.58. The predicted octanol–water partition coefficient (Wildman–Crippen LogP) is 4.93. The maximum atomic E-state index is 13.2. The fourth-order valence-electron chi connectivity index (χ4n) is 1.66. The molecule has 1 N–H and O–H groups in total. The number of hydrogen-bond acceptors (Lipinski definition) is 3. The molecule has 0 spiro atoms. The molecule has 2 rings (SSSR count). The van der Waals surface area contributed by atoms with Gasteiger partial charge in [-0.15, -0.1) is 11.8 Å². The lowest BCUT2D eigenvalue weighted by atomic mass is 10.2. The van der Waals surface area contributed by atoms with Crippen LogP contribution in [0.25, 0.3) is 0 Å². The van der Waals surface area contributed by atoms with E-state index >= 15 is 0 Å². The summed E-state index contributed by atoms with van der Waals surface area (Å²) in [5.41, 5.74) is 1.82. The van der Waals surface area contributed by atoms with Crippen LogP contribution in [0.5, 0.6) is 0 Å². The minimum Gasteiger partial charge on any atom is -0.353 e. The summed E-state index contributed by atoms with van der Waals surface area (Å²) in [6.45, 7) is 0. The number of nitriles is 1. The molecule has 2 aromatic carbocycles. The van der Waals surface area contributed by atoms with Crippen molar-refractivity contribution in [3.8, 4) is 6.07 Å². The molecule has 0 aliphatic heterocycles. The van der Waals surface area contributed by atoms with Crippen LogP contribution in [0.3, 0.4) is 0 Å². The summed E-state index contributed by atoms with van der Waals surface area (Å²) >= 11 is 4.86. The van der Waals surface area contributed by atoms with Gasteiger partial charge in [-0.25, -0.2) is 4.39 Å². The number of halogens is 2. The molecule has 0 aliphatic rings. The van der Waals surface area contributed by atoms with Gasteiger partial charge in [0.1, 0.15) is 11.9 Å². The largest absolute Gasteiger partial charge is 0.353 e. The summed E-state index contributed by atoms with van der Waals surface area (Å²) < 4.78 is 14.0.